The molecule has 0 bridgehead atoms. The van der Waals surface area contributed by atoms with Crippen LogP contribution in [0.5, 0.6) is 5.75 Å². The maximum absolute atomic E-state index is 12.8. The fourth-order valence-corrected chi connectivity index (χ4v) is 2.57. The van der Waals surface area contributed by atoms with E-state index in [1.54, 1.807) is 30.0 Å². The minimum atomic E-state index is -0.0921. The van der Waals surface area contributed by atoms with Gasteiger partial charge in [0.1, 0.15) is 5.75 Å². The van der Waals surface area contributed by atoms with Crippen LogP contribution in [0.3, 0.4) is 0 Å². The van der Waals surface area contributed by atoms with Crippen LogP contribution < -0.4 is 0 Å². The monoisotopic (exact) mass is 337 g/mol. The van der Waals surface area contributed by atoms with Crippen molar-refractivity contribution in [2.24, 2.45) is 0 Å². The number of aryl methyl sites for hydroxylation is 1. The van der Waals surface area contributed by atoms with Crippen LogP contribution in [-0.4, -0.2) is 32.6 Å². The zero-order valence-corrected chi connectivity index (χ0v) is 14.1. The summed E-state index contributed by atoms with van der Waals surface area (Å²) >= 11 is 0. The second-order valence-electron chi connectivity index (χ2n) is 5.68. The standard InChI is InChI=1S/C19H19N3O3/c1-3-22(12-18-20-13(2)25-21-18)19(24)16-6-4-5-15(11-16)14-7-9-17(23)10-8-14/h4-11,23H,3,12H2,1-2H3. The summed E-state index contributed by atoms with van der Waals surface area (Å²) < 4.78 is 4.96. The lowest BCUT2D eigenvalue weighted by atomic mass is 10.0. The van der Waals surface area contributed by atoms with Crippen LogP contribution in [0.25, 0.3) is 11.1 Å². The molecule has 1 aromatic heterocycles. The molecule has 2 aromatic carbocycles. The zero-order chi connectivity index (χ0) is 17.8. The average Bonchev–Trinajstić information content (AvgIpc) is 3.05. The number of phenols is 1. The first-order valence-electron chi connectivity index (χ1n) is 8.04. The van der Waals surface area contributed by atoms with Crippen molar-refractivity contribution < 1.29 is 14.4 Å². The van der Waals surface area contributed by atoms with Crippen LogP contribution in [0.15, 0.2) is 53.1 Å². The number of phenolic OH excluding ortho intramolecular Hbond substituents is 1. The second kappa shape index (κ2) is 7.17. The van der Waals surface area contributed by atoms with Crippen LogP contribution in [0.1, 0.15) is 29.0 Å². The molecule has 6 heteroatoms. The first kappa shape index (κ1) is 16.7. The molecule has 1 amide bonds. The predicted octanol–water partition coefficient (Wildman–Crippen LogP) is 3.41. The summed E-state index contributed by atoms with van der Waals surface area (Å²) in [4.78, 5) is 18.6. The molecule has 0 saturated carbocycles. The summed E-state index contributed by atoms with van der Waals surface area (Å²) in [5, 5.41) is 13.3. The van der Waals surface area contributed by atoms with E-state index in [2.05, 4.69) is 10.1 Å². The SMILES string of the molecule is CCN(Cc1noc(C)n1)C(=O)c1cccc(-c2ccc(O)cc2)c1. The number of hydrogen-bond donors (Lipinski definition) is 1. The van der Waals surface area contributed by atoms with Crippen molar-refractivity contribution in [3.8, 4) is 16.9 Å². The maximum atomic E-state index is 12.8. The van der Waals surface area contributed by atoms with Crippen molar-refractivity contribution >= 4 is 5.91 Å². The molecule has 1 N–H and O–H groups in total. The zero-order valence-electron chi connectivity index (χ0n) is 14.1. The number of aromatic nitrogens is 2. The Morgan fingerprint density at radius 1 is 1.16 bits per heavy atom. The van der Waals surface area contributed by atoms with E-state index in [-0.39, 0.29) is 11.7 Å². The summed E-state index contributed by atoms with van der Waals surface area (Å²) in [6, 6.07) is 14.3. The van der Waals surface area contributed by atoms with Crippen LogP contribution in [-0.2, 0) is 6.54 Å². The van der Waals surface area contributed by atoms with Crippen LogP contribution in [0.4, 0.5) is 0 Å². The number of carbonyl (C=O) groups is 1. The van der Waals surface area contributed by atoms with Crippen molar-refractivity contribution in [1.82, 2.24) is 15.0 Å². The Morgan fingerprint density at radius 3 is 2.56 bits per heavy atom. The van der Waals surface area contributed by atoms with Crippen molar-refractivity contribution in [2.45, 2.75) is 20.4 Å². The van der Waals surface area contributed by atoms with E-state index < -0.39 is 0 Å². The van der Waals surface area contributed by atoms with E-state index in [9.17, 15) is 9.90 Å². The summed E-state index contributed by atoms with van der Waals surface area (Å²) in [7, 11) is 0. The molecule has 0 saturated heterocycles. The largest absolute Gasteiger partial charge is 0.508 e. The molecule has 0 unspecified atom stereocenters. The van der Waals surface area contributed by atoms with Gasteiger partial charge >= 0.3 is 0 Å². The van der Waals surface area contributed by atoms with Gasteiger partial charge in [-0.25, -0.2) is 0 Å². The molecule has 0 atom stereocenters. The van der Waals surface area contributed by atoms with Gasteiger partial charge in [0, 0.05) is 19.0 Å². The van der Waals surface area contributed by atoms with Gasteiger partial charge in [-0.2, -0.15) is 4.98 Å². The summed E-state index contributed by atoms with van der Waals surface area (Å²) in [5.74, 6) is 1.09. The topological polar surface area (TPSA) is 79.5 Å². The van der Waals surface area contributed by atoms with E-state index >= 15 is 0 Å². The highest BCUT2D eigenvalue weighted by Crippen LogP contribution is 2.23. The highest BCUT2D eigenvalue weighted by molar-refractivity contribution is 5.95. The Hall–Kier alpha value is -3.15. The quantitative estimate of drug-likeness (QED) is 0.772. The number of nitrogens with zero attached hydrogens (tertiary/aromatic N) is 3. The van der Waals surface area contributed by atoms with Crippen LogP contribution in [0.2, 0.25) is 0 Å². The minimum Gasteiger partial charge on any atom is -0.508 e. The lowest BCUT2D eigenvalue weighted by molar-refractivity contribution is 0.0747. The lowest BCUT2D eigenvalue weighted by Gasteiger charge is -2.19. The summed E-state index contributed by atoms with van der Waals surface area (Å²) in [6.07, 6.45) is 0. The number of aromatic hydroxyl groups is 1. The van der Waals surface area contributed by atoms with Crippen molar-refractivity contribution in [1.29, 1.82) is 0 Å². The van der Waals surface area contributed by atoms with Crippen molar-refractivity contribution in [3.63, 3.8) is 0 Å². The maximum Gasteiger partial charge on any atom is 0.254 e. The first-order valence-corrected chi connectivity index (χ1v) is 8.04. The molecule has 0 aliphatic heterocycles. The second-order valence-corrected chi connectivity index (χ2v) is 5.68. The van der Waals surface area contributed by atoms with Gasteiger partial charge in [0.05, 0.1) is 6.54 Å². The number of hydrogen-bond acceptors (Lipinski definition) is 5. The van der Waals surface area contributed by atoms with E-state index in [4.69, 9.17) is 4.52 Å². The lowest BCUT2D eigenvalue weighted by Crippen LogP contribution is -2.30. The highest BCUT2D eigenvalue weighted by Gasteiger charge is 2.17. The average molecular weight is 337 g/mol. The molecule has 3 aromatic rings. The molecule has 25 heavy (non-hydrogen) atoms. The predicted molar refractivity (Wildman–Crippen MR) is 93.0 cm³/mol. The molecule has 6 nitrogen and oxygen atoms in total. The molecule has 0 aliphatic carbocycles. The molecule has 1 heterocycles. The molecule has 0 aliphatic rings. The third-order valence-corrected chi connectivity index (χ3v) is 3.88. The number of benzene rings is 2. The summed E-state index contributed by atoms with van der Waals surface area (Å²) in [5.41, 5.74) is 2.44. The normalized spacial score (nSPS) is 10.6. The van der Waals surface area contributed by atoms with E-state index in [0.29, 0.717) is 30.4 Å². The molecule has 0 fully saturated rings. The fraction of sp³-hybridized carbons (Fsp3) is 0.211. The van der Waals surface area contributed by atoms with Crippen molar-refractivity contribution in [3.05, 3.63) is 65.8 Å². The van der Waals surface area contributed by atoms with Gasteiger partial charge in [-0.15, -0.1) is 0 Å². The van der Waals surface area contributed by atoms with Gasteiger partial charge < -0.3 is 14.5 Å². The third-order valence-electron chi connectivity index (χ3n) is 3.88. The summed E-state index contributed by atoms with van der Waals surface area (Å²) in [6.45, 7) is 4.47. The van der Waals surface area contributed by atoms with Crippen LogP contribution >= 0.6 is 0 Å². The van der Waals surface area contributed by atoms with Crippen LogP contribution in [0, 0.1) is 6.92 Å². The van der Waals surface area contributed by atoms with Crippen molar-refractivity contribution in [2.75, 3.05) is 6.54 Å². The Balaban J connectivity index is 1.83. The first-order chi connectivity index (χ1) is 12.1. The molecule has 0 spiro atoms. The Kier molecular flexibility index (Phi) is 4.79. The fourth-order valence-electron chi connectivity index (χ4n) is 2.57. The van der Waals surface area contributed by atoms with Gasteiger partial charge in [0.15, 0.2) is 5.82 Å². The number of carbonyl (C=O) groups excluding carboxylic acids is 1. The van der Waals surface area contributed by atoms with Gasteiger partial charge in [-0.05, 0) is 42.3 Å². The molecular weight excluding hydrogens is 318 g/mol. The Bertz CT molecular complexity index is 872. The Morgan fingerprint density at radius 2 is 1.92 bits per heavy atom. The van der Waals surface area contributed by atoms with Gasteiger partial charge in [0.2, 0.25) is 5.89 Å². The number of rotatable bonds is 5. The van der Waals surface area contributed by atoms with E-state index in [1.807, 2.05) is 37.3 Å². The van der Waals surface area contributed by atoms with Gasteiger partial charge in [-0.1, -0.05) is 29.4 Å². The molecular formula is C19H19N3O3. The van der Waals surface area contributed by atoms with Gasteiger partial charge in [0.25, 0.3) is 5.91 Å². The van der Waals surface area contributed by atoms with E-state index in [0.717, 1.165) is 11.1 Å². The minimum absolute atomic E-state index is 0.0921. The highest BCUT2D eigenvalue weighted by atomic mass is 16.5. The smallest absolute Gasteiger partial charge is 0.254 e. The van der Waals surface area contributed by atoms with Gasteiger partial charge in [-0.3, -0.25) is 4.79 Å². The number of amides is 1. The Labute approximate surface area is 145 Å². The van der Waals surface area contributed by atoms with E-state index in [1.165, 1.54) is 0 Å². The molecule has 128 valence electrons. The molecule has 3 rings (SSSR count). The molecule has 0 radical (unpaired) electrons. The third kappa shape index (κ3) is 3.85.